The fraction of sp³-hybridized carbons (Fsp3) is 0.217. The number of aryl methyl sites for hydroxylation is 3. The van der Waals surface area contributed by atoms with Crippen molar-refractivity contribution in [1.29, 1.82) is 0 Å². The molecule has 0 atom stereocenters. The first kappa shape index (κ1) is 16.6. The number of benzene rings is 3. The Kier molecular flexibility index (Phi) is 5.53. The molecule has 3 aromatic rings. The van der Waals surface area contributed by atoms with E-state index in [9.17, 15) is 0 Å². The van der Waals surface area contributed by atoms with Crippen molar-refractivity contribution in [2.24, 2.45) is 0 Å². The molecule has 0 spiro atoms. The minimum absolute atomic E-state index is 0.930. The van der Waals surface area contributed by atoms with E-state index in [0.717, 1.165) is 30.3 Å². The van der Waals surface area contributed by atoms with Crippen molar-refractivity contribution < 1.29 is 0 Å². The molecule has 0 saturated heterocycles. The predicted molar refractivity (Wildman–Crippen MR) is 105 cm³/mol. The van der Waals surface area contributed by atoms with Crippen LogP contribution in [0.1, 0.15) is 29.5 Å². The molecule has 0 aliphatic carbocycles. The summed E-state index contributed by atoms with van der Waals surface area (Å²) in [7, 11) is 6.43. The quantitative estimate of drug-likeness (QED) is 0.443. The summed E-state index contributed by atoms with van der Waals surface area (Å²) in [4.78, 5) is 0. The molecule has 0 aliphatic heterocycles. The average Bonchev–Trinajstić information content (AvgIpc) is 2.62. The molecular formula is C23H23B. The summed E-state index contributed by atoms with van der Waals surface area (Å²) >= 11 is 0. The third-order valence-corrected chi connectivity index (χ3v) is 4.68. The highest BCUT2D eigenvalue weighted by molar-refractivity contribution is 6.37. The third-order valence-electron chi connectivity index (χ3n) is 4.68. The van der Waals surface area contributed by atoms with Gasteiger partial charge in [0.15, 0.2) is 0 Å². The van der Waals surface area contributed by atoms with Crippen molar-refractivity contribution in [3.05, 3.63) is 89.5 Å². The lowest BCUT2D eigenvalue weighted by Crippen LogP contribution is -2.13. The number of rotatable bonds is 6. The van der Waals surface area contributed by atoms with Gasteiger partial charge in [-0.1, -0.05) is 83.8 Å². The zero-order valence-corrected chi connectivity index (χ0v) is 14.3. The van der Waals surface area contributed by atoms with Gasteiger partial charge < -0.3 is 0 Å². The maximum absolute atomic E-state index is 6.43. The molecule has 2 radical (unpaired) electrons. The highest BCUT2D eigenvalue weighted by Crippen LogP contribution is 2.19. The summed E-state index contributed by atoms with van der Waals surface area (Å²) in [6.45, 7) is 2.19. The van der Waals surface area contributed by atoms with E-state index in [-0.39, 0.29) is 0 Å². The Hall–Kier alpha value is -2.28. The summed E-state index contributed by atoms with van der Waals surface area (Å²) in [6, 6.07) is 25.4. The lowest BCUT2D eigenvalue weighted by molar-refractivity contribution is 0.734. The van der Waals surface area contributed by atoms with E-state index in [4.69, 9.17) is 7.85 Å². The van der Waals surface area contributed by atoms with Crippen molar-refractivity contribution in [3.63, 3.8) is 0 Å². The monoisotopic (exact) mass is 310 g/mol. The van der Waals surface area contributed by atoms with Crippen LogP contribution in [0.25, 0.3) is 11.1 Å². The lowest BCUT2D eigenvalue weighted by Gasteiger charge is -2.12. The van der Waals surface area contributed by atoms with Gasteiger partial charge in [0.1, 0.15) is 7.85 Å². The van der Waals surface area contributed by atoms with Crippen molar-refractivity contribution in [1.82, 2.24) is 0 Å². The molecule has 0 aromatic heterocycles. The van der Waals surface area contributed by atoms with Gasteiger partial charge in [-0.05, 0) is 54.9 Å². The molecule has 0 N–H and O–H groups in total. The van der Waals surface area contributed by atoms with Gasteiger partial charge >= 0.3 is 0 Å². The molecule has 1 heteroatoms. The fourth-order valence-corrected chi connectivity index (χ4v) is 3.22. The van der Waals surface area contributed by atoms with Gasteiger partial charge in [0, 0.05) is 0 Å². The molecule has 0 heterocycles. The fourth-order valence-electron chi connectivity index (χ4n) is 3.22. The number of hydrogen-bond acceptors (Lipinski definition) is 0. The first-order chi connectivity index (χ1) is 11.8. The second-order valence-electron chi connectivity index (χ2n) is 6.38. The van der Waals surface area contributed by atoms with E-state index in [0.29, 0.717) is 0 Å². The van der Waals surface area contributed by atoms with Crippen LogP contribution < -0.4 is 5.46 Å². The molecule has 0 bridgehead atoms. The Balaban J connectivity index is 1.63. The molecule has 3 aromatic carbocycles. The van der Waals surface area contributed by atoms with Crippen LogP contribution in [0.3, 0.4) is 0 Å². The maximum atomic E-state index is 6.43. The smallest absolute Gasteiger partial charge is 0.0858 e. The van der Waals surface area contributed by atoms with Crippen LogP contribution in [0.4, 0.5) is 0 Å². The average molecular weight is 310 g/mol. The lowest BCUT2D eigenvalue weighted by atomic mass is 9.81. The molecule has 0 amide bonds. The standard InChI is InChI=1S/C23H23B/c1-18-10-5-6-11-19(18)12-7-8-15-21-16-9-17-22(23(21)24)20-13-3-2-4-14-20/h2-6,9-11,13-14,16-17H,7-8,12,15H2,1H3. The zero-order valence-electron chi connectivity index (χ0n) is 14.3. The normalized spacial score (nSPS) is 10.7. The second kappa shape index (κ2) is 8.01. The van der Waals surface area contributed by atoms with E-state index in [1.165, 1.54) is 28.7 Å². The van der Waals surface area contributed by atoms with Crippen molar-refractivity contribution in [3.8, 4) is 11.1 Å². The molecule has 0 nitrogen and oxygen atoms in total. The molecule has 0 unspecified atom stereocenters. The highest BCUT2D eigenvalue weighted by Gasteiger charge is 2.05. The van der Waals surface area contributed by atoms with Gasteiger partial charge in [0.25, 0.3) is 0 Å². The second-order valence-corrected chi connectivity index (χ2v) is 6.38. The van der Waals surface area contributed by atoms with Crippen LogP contribution in [-0.2, 0) is 12.8 Å². The summed E-state index contributed by atoms with van der Waals surface area (Å²) < 4.78 is 0. The van der Waals surface area contributed by atoms with E-state index in [1.807, 2.05) is 6.07 Å². The van der Waals surface area contributed by atoms with Crippen molar-refractivity contribution >= 4 is 13.3 Å². The predicted octanol–water partition coefficient (Wildman–Crippen LogP) is 5.02. The third kappa shape index (κ3) is 3.97. The summed E-state index contributed by atoms with van der Waals surface area (Å²) in [5.74, 6) is 0. The maximum Gasteiger partial charge on any atom is 0.115 e. The minimum atomic E-state index is 0.930. The van der Waals surface area contributed by atoms with Crippen molar-refractivity contribution in [2.75, 3.05) is 0 Å². The van der Waals surface area contributed by atoms with Crippen LogP contribution in [0.15, 0.2) is 72.8 Å². The van der Waals surface area contributed by atoms with Crippen LogP contribution >= 0.6 is 0 Å². The molecule has 118 valence electrons. The molecule has 0 fully saturated rings. The largest absolute Gasteiger partial charge is 0.115 e. The van der Waals surface area contributed by atoms with Crippen LogP contribution in [0.2, 0.25) is 0 Å². The summed E-state index contributed by atoms with van der Waals surface area (Å²) in [5.41, 5.74) is 7.39. The van der Waals surface area contributed by atoms with Crippen LogP contribution in [0, 0.1) is 6.92 Å². The Labute approximate surface area is 147 Å². The first-order valence-corrected chi connectivity index (χ1v) is 8.73. The van der Waals surface area contributed by atoms with Crippen LogP contribution in [0.5, 0.6) is 0 Å². The minimum Gasteiger partial charge on any atom is -0.0858 e. The van der Waals surface area contributed by atoms with Gasteiger partial charge in [0.05, 0.1) is 0 Å². The SMILES string of the molecule is [B]c1c(CCCCc2ccccc2C)cccc1-c1ccccc1. The van der Waals surface area contributed by atoms with Gasteiger partial charge in [0.2, 0.25) is 0 Å². The molecule has 0 saturated carbocycles. The summed E-state index contributed by atoms with van der Waals surface area (Å²) in [5, 5.41) is 0. The summed E-state index contributed by atoms with van der Waals surface area (Å²) in [6.07, 6.45) is 4.54. The topological polar surface area (TPSA) is 0 Å². The van der Waals surface area contributed by atoms with Gasteiger partial charge in [-0.15, -0.1) is 0 Å². The van der Waals surface area contributed by atoms with Gasteiger partial charge in [-0.2, -0.15) is 0 Å². The number of unbranched alkanes of at least 4 members (excludes halogenated alkanes) is 1. The van der Waals surface area contributed by atoms with E-state index >= 15 is 0 Å². The van der Waals surface area contributed by atoms with Crippen LogP contribution in [-0.4, -0.2) is 7.85 Å². The van der Waals surface area contributed by atoms with E-state index < -0.39 is 0 Å². The molecule has 24 heavy (non-hydrogen) atoms. The van der Waals surface area contributed by atoms with E-state index in [1.54, 1.807) is 0 Å². The Morgan fingerprint density at radius 2 is 1.29 bits per heavy atom. The van der Waals surface area contributed by atoms with E-state index in [2.05, 4.69) is 73.7 Å². The highest BCUT2D eigenvalue weighted by atomic mass is 14.1. The Morgan fingerprint density at radius 3 is 2.04 bits per heavy atom. The Morgan fingerprint density at radius 1 is 0.667 bits per heavy atom. The first-order valence-electron chi connectivity index (χ1n) is 8.73. The Bertz CT molecular complexity index is 790. The molecular weight excluding hydrogens is 287 g/mol. The molecule has 3 rings (SSSR count). The zero-order chi connectivity index (χ0) is 16.8. The van der Waals surface area contributed by atoms with Gasteiger partial charge in [-0.3, -0.25) is 0 Å². The van der Waals surface area contributed by atoms with Gasteiger partial charge in [-0.25, -0.2) is 0 Å². The molecule has 0 aliphatic rings. The van der Waals surface area contributed by atoms with Crippen molar-refractivity contribution in [2.45, 2.75) is 32.6 Å². The number of hydrogen-bond donors (Lipinski definition) is 0.